The Morgan fingerprint density at radius 3 is 2.60 bits per heavy atom. The molecule has 0 bridgehead atoms. The second-order valence-electron chi connectivity index (χ2n) is 6.05. The predicted octanol–water partition coefficient (Wildman–Crippen LogP) is 5.02. The van der Waals surface area contributed by atoms with E-state index in [2.05, 4.69) is 57.2 Å². The maximum atomic E-state index is 9.84. The molecule has 1 aromatic heterocycles. The Bertz CT molecular complexity index is 662. The van der Waals surface area contributed by atoms with Crippen LogP contribution in [-0.2, 0) is 11.8 Å². The van der Waals surface area contributed by atoms with Crippen LogP contribution in [0.1, 0.15) is 31.2 Å². The SMILES string of the molecule is CC(C)[C@@]1(C#N)c2cc(-c3ccccc3)sc2C[C@@H]1C. The van der Waals surface area contributed by atoms with E-state index in [0.29, 0.717) is 11.8 Å². The third-order valence-corrected chi connectivity index (χ3v) is 5.88. The molecule has 2 atom stereocenters. The molecule has 0 spiro atoms. The number of rotatable bonds is 2. The predicted molar refractivity (Wildman–Crippen MR) is 84.8 cm³/mol. The van der Waals surface area contributed by atoms with Crippen LogP contribution in [0.2, 0.25) is 0 Å². The standard InChI is InChI=1S/C18H19NS/c1-12(2)18(11-19)13(3)9-17-15(18)10-16(20-17)14-7-5-4-6-8-14/h4-8,10,12-13H,9H2,1-3H3/t13-,18+/m0/s1. The highest BCUT2D eigenvalue weighted by Gasteiger charge is 2.48. The highest BCUT2D eigenvalue weighted by atomic mass is 32.1. The monoisotopic (exact) mass is 281 g/mol. The van der Waals surface area contributed by atoms with Gasteiger partial charge in [-0.3, -0.25) is 0 Å². The molecule has 20 heavy (non-hydrogen) atoms. The summed E-state index contributed by atoms with van der Waals surface area (Å²) in [6.07, 6.45) is 1.04. The van der Waals surface area contributed by atoms with Crippen LogP contribution in [0.25, 0.3) is 10.4 Å². The fourth-order valence-electron chi connectivity index (χ4n) is 3.56. The van der Waals surface area contributed by atoms with E-state index in [4.69, 9.17) is 0 Å². The van der Waals surface area contributed by atoms with Crippen LogP contribution < -0.4 is 0 Å². The first-order chi connectivity index (χ1) is 9.59. The third-order valence-electron chi connectivity index (χ3n) is 4.68. The van der Waals surface area contributed by atoms with Crippen molar-refractivity contribution >= 4 is 11.3 Å². The Morgan fingerprint density at radius 2 is 2.00 bits per heavy atom. The Labute approximate surface area is 124 Å². The van der Waals surface area contributed by atoms with Crippen molar-refractivity contribution in [1.29, 1.82) is 5.26 Å². The van der Waals surface area contributed by atoms with Crippen LogP contribution in [0.15, 0.2) is 36.4 Å². The van der Waals surface area contributed by atoms with Gasteiger partial charge >= 0.3 is 0 Å². The fourth-order valence-corrected chi connectivity index (χ4v) is 4.93. The van der Waals surface area contributed by atoms with E-state index < -0.39 is 0 Å². The molecule has 2 heteroatoms. The lowest BCUT2D eigenvalue weighted by atomic mass is 9.69. The molecular formula is C18H19NS. The minimum atomic E-state index is -0.307. The number of nitrogens with zero attached hydrogens (tertiary/aromatic N) is 1. The second kappa shape index (κ2) is 4.75. The molecule has 0 N–H and O–H groups in total. The topological polar surface area (TPSA) is 23.8 Å². The number of hydrogen-bond donors (Lipinski definition) is 0. The molecule has 0 saturated carbocycles. The van der Waals surface area contributed by atoms with E-state index >= 15 is 0 Å². The van der Waals surface area contributed by atoms with E-state index in [1.807, 2.05) is 17.4 Å². The maximum absolute atomic E-state index is 9.84. The van der Waals surface area contributed by atoms with Gasteiger partial charge in [0.05, 0.1) is 11.5 Å². The molecule has 0 unspecified atom stereocenters. The van der Waals surface area contributed by atoms with E-state index in [1.54, 1.807) is 0 Å². The fraction of sp³-hybridized carbons (Fsp3) is 0.389. The van der Waals surface area contributed by atoms with Gasteiger partial charge in [-0.1, -0.05) is 51.1 Å². The number of nitriles is 1. The van der Waals surface area contributed by atoms with Crippen molar-refractivity contribution in [3.05, 3.63) is 46.8 Å². The van der Waals surface area contributed by atoms with Crippen LogP contribution in [-0.4, -0.2) is 0 Å². The van der Waals surface area contributed by atoms with Gasteiger partial charge in [0.25, 0.3) is 0 Å². The lowest BCUT2D eigenvalue weighted by molar-refractivity contribution is 0.302. The number of hydrogen-bond acceptors (Lipinski definition) is 2. The van der Waals surface area contributed by atoms with Crippen LogP contribution in [0.5, 0.6) is 0 Å². The molecular weight excluding hydrogens is 262 g/mol. The molecule has 1 aliphatic carbocycles. The maximum Gasteiger partial charge on any atom is 0.0884 e. The minimum absolute atomic E-state index is 0.307. The quantitative estimate of drug-likeness (QED) is 0.758. The van der Waals surface area contributed by atoms with E-state index in [0.717, 1.165) is 6.42 Å². The second-order valence-corrected chi connectivity index (χ2v) is 7.19. The summed E-state index contributed by atoms with van der Waals surface area (Å²) >= 11 is 1.86. The summed E-state index contributed by atoms with van der Waals surface area (Å²) in [6.45, 7) is 6.57. The smallest absolute Gasteiger partial charge is 0.0884 e. The summed E-state index contributed by atoms with van der Waals surface area (Å²) in [5, 5.41) is 9.84. The van der Waals surface area contributed by atoms with Crippen molar-refractivity contribution in [2.75, 3.05) is 0 Å². The summed E-state index contributed by atoms with van der Waals surface area (Å²) in [5.74, 6) is 0.764. The van der Waals surface area contributed by atoms with E-state index in [9.17, 15) is 5.26 Å². The van der Waals surface area contributed by atoms with Gasteiger partial charge in [-0.05, 0) is 35.4 Å². The first-order valence-electron chi connectivity index (χ1n) is 7.19. The number of benzene rings is 1. The molecule has 1 nitrogen and oxygen atoms in total. The molecule has 0 saturated heterocycles. The molecule has 0 amide bonds. The summed E-state index contributed by atoms with van der Waals surface area (Å²) in [7, 11) is 0. The Morgan fingerprint density at radius 1 is 1.30 bits per heavy atom. The summed E-state index contributed by atoms with van der Waals surface area (Å²) in [5.41, 5.74) is 2.24. The van der Waals surface area contributed by atoms with Crippen molar-refractivity contribution in [1.82, 2.24) is 0 Å². The Kier molecular flexibility index (Phi) is 3.18. The van der Waals surface area contributed by atoms with Crippen molar-refractivity contribution < 1.29 is 0 Å². The lowest BCUT2D eigenvalue weighted by Crippen LogP contribution is -2.34. The molecule has 1 aliphatic rings. The van der Waals surface area contributed by atoms with Crippen LogP contribution in [0.4, 0.5) is 0 Å². The van der Waals surface area contributed by atoms with Gasteiger partial charge in [0.2, 0.25) is 0 Å². The van der Waals surface area contributed by atoms with Gasteiger partial charge in [-0.25, -0.2) is 0 Å². The normalized spacial score (nSPS) is 24.6. The molecule has 0 fully saturated rings. The lowest BCUT2D eigenvalue weighted by Gasteiger charge is -2.31. The first-order valence-corrected chi connectivity index (χ1v) is 8.01. The van der Waals surface area contributed by atoms with Gasteiger partial charge in [0.15, 0.2) is 0 Å². The molecule has 2 aromatic rings. The number of thiophene rings is 1. The first kappa shape index (κ1) is 13.4. The summed E-state index contributed by atoms with van der Waals surface area (Å²) < 4.78 is 0. The minimum Gasteiger partial charge on any atom is -0.197 e. The Hall–Kier alpha value is -1.59. The molecule has 3 rings (SSSR count). The van der Waals surface area contributed by atoms with Crippen molar-refractivity contribution in [3.8, 4) is 16.5 Å². The van der Waals surface area contributed by atoms with Gasteiger partial charge in [0, 0.05) is 9.75 Å². The highest BCUT2D eigenvalue weighted by molar-refractivity contribution is 7.15. The van der Waals surface area contributed by atoms with E-state index in [1.165, 1.54) is 20.9 Å². The average molecular weight is 281 g/mol. The molecule has 1 heterocycles. The molecule has 102 valence electrons. The van der Waals surface area contributed by atoms with Gasteiger partial charge in [-0.2, -0.15) is 5.26 Å². The van der Waals surface area contributed by atoms with E-state index in [-0.39, 0.29) is 5.41 Å². The molecule has 0 aliphatic heterocycles. The highest BCUT2D eigenvalue weighted by Crippen LogP contribution is 2.52. The van der Waals surface area contributed by atoms with Crippen molar-refractivity contribution in [2.24, 2.45) is 11.8 Å². The third kappa shape index (κ3) is 1.73. The van der Waals surface area contributed by atoms with Gasteiger partial charge in [-0.15, -0.1) is 11.3 Å². The zero-order chi connectivity index (χ0) is 14.3. The van der Waals surface area contributed by atoms with Gasteiger partial charge in [0.1, 0.15) is 0 Å². The zero-order valence-electron chi connectivity index (χ0n) is 12.2. The van der Waals surface area contributed by atoms with Crippen LogP contribution in [0, 0.1) is 23.2 Å². The van der Waals surface area contributed by atoms with Crippen LogP contribution in [0.3, 0.4) is 0 Å². The Balaban J connectivity index is 2.13. The zero-order valence-corrected chi connectivity index (χ0v) is 13.0. The van der Waals surface area contributed by atoms with Crippen molar-refractivity contribution in [2.45, 2.75) is 32.6 Å². The average Bonchev–Trinajstić information content (AvgIpc) is 2.95. The summed E-state index contributed by atoms with van der Waals surface area (Å²) in [4.78, 5) is 2.70. The number of fused-ring (bicyclic) bond motifs is 1. The van der Waals surface area contributed by atoms with Crippen LogP contribution >= 0.6 is 11.3 Å². The molecule has 0 radical (unpaired) electrons. The van der Waals surface area contributed by atoms with Gasteiger partial charge < -0.3 is 0 Å². The van der Waals surface area contributed by atoms with Crippen molar-refractivity contribution in [3.63, 3.8) is 0 Å². The molecule has 1 aromatic carbocycles. The largest absolute Gasteiger partial charge is 0.197 e. The summed E-state index contributed by atoms with van der Waals surface area (Å²) in [6, 6.07) is 15.4.